The smallest absolute Gasteiger partial charge is 0.493 e. The fraction of sp³-hybridized carbons (Fsp3) is 0.413. The number of nitrogens with zero attached hydrogens (tertiary/aromatic N) is 5. The van der Waals surface area contributed by atoms with Crippen LogP contribution >= 0.6 is 22.7 Å². The second-order valence-corrected chi connectivity index (χ2v) is 32.1. The first-order valence-corrected chi connectivity index (χ1v) is 39.9. The Balaban J connectivity index is 0.704. The lowest BCUT2D eigenvalue weighted by Gasteiger charge is -2.39. The van der Waals surface area contributed by atoms with Crippen LogP contribution in [0.3, 0.4) is 0 Å². The summed E-state index contributed by atoms with van der Waals surface area (Å²) in [5.74, 6) is -2.17. The van der Waals surface area contributed by atoms with E-state index in [-0.39, 0.29) is 107 Å². The fourth-order valence-corrected chi connectivity index (χ4v) is 16.6. The molecule has 8 atom stereocenters. The van der Waals surface area contributed by atoms with Gasteiger partial charge in [0.2, 0.25) is 6.29 Å². The third-order valence-electron chi connectivity index (χ3n) is 18.8. The molecule has 8 N–H and O–H groups in total. The standard InChI is InChI=1S/C75H85N7O24S4/c1-82(2,38-44-7-10-53(11-8-44)105-110(94,95)106-65-27-48(9-12-60(65)103-75-71(87)70(86)69(85)66(40-83)104-75)72(88)77-15-17-99-19-21-100-20-18-98-16-5-6-59(84)56(76)43-109(91,92)93)39-45-24-46(41-101-63-32-57-54(30-61(63)96-3)73(89)80-36-49-13-22-107-67(49)28-51(80)34-78-57)26-47(25-45)42-102-64-33-58-55(31-62(64)97-4)74(90)81-37-50-14-23-108-68(50)29-52(81)35-79-58/h7-14,22-27,30-35,51-52,56,66,69-71,75,83,85-87H,5-6,15-21,28-29,36-43,76H2,1-4H3,(H-,77,88,91,92,93)/p+1/t51-,52-,56+,66+,69-,70-,71+,75?/m0/s1. The summed E-state index contributed by atoms with van der Waals surface area (Å²) < 4.78 is 123. The zero-order valence-corrected chi connectivity index (χ0v) is 63.8. The number of hydrogen-bond donors (Lipinski definition) is 7. The zero-order valence-electron chi connectivity index (χ0n) is 60.5. The number of ether oxygens (including phenoxy) is 9. The van der Waals surface area contributed by atoms with E-state index in [1.54, 1.807) is 59.1 Å². The van der Waals surface area contributed by atoms with Gasteiger partial charge in [-0.2, -0.15) is 8.42 Å². The Labute approximate surface area is 642 Å². The van der Waals surface area contributed by atoms with Gasteiger partial charge in [-0.1, -0.05) is 0 Å². The molecule has 0 aliphatic carbocycles. The maximum Gasteiger partial charge on any atom is 0.501 e. The molecule has 0 saturated carbocycles. The Hall–Kier alpha value is -9.02. The van der Waals surface area contributed by atoms with E-state index in [4.69, 9.17) is 71.3 Å². The predicted octanol–water partition coefficient (Wildman–Crippen LogP) is 5.55. The molecule has 7 aromatic rings. The second-order valence-electron chi connectivity index (χ2n) is 27.4. The highest BCUT2D eigenvalue weighted by atomic mass is 32.3. The second kappa shape index (κ2) is 35.6. The topological polar surface area (TPSA) is 408 Å². The van der Waals surface area contributed by atoms with E-state index < -0.39 is 92.8 Å². The summed E-state index contributed by atoms with van der Waals surface area (Å²) in [7, 11) is -2.39. The number of aliphatic imine (C=N–C) groups is 2. The minimum absolute atomic E-state index is 0.0130. The number of methoxy groups -OCH3 is 2. The molecule has 1 fully saturated rings. The number of Topliss-reactive ketones (excluding diaryl/α,β-unsaturated/α-hetero) is 1. The highest BCUT2D eigenvalue weighted by Crippen LogP contribution is 2.43. The predicted molar refractivity (Wildman–Crippen MR) is 401 cm³/mol. The minimum atomic E-state index is -5.09. The molecule has 0 radical (unpaired) electrons. The Morgan fingerprint density at radius 2 is 1.19 bits per heavy atom. The molecule has 7 heterocycles. The van der Waals surface area contributed by atoms with Crippen molar-refractivity contribution < 1.29 is 116 Å². The molecule has 110 heavy (non-hydrogen) atoms. The van der Waals surface area contributed by atoms with Crippen molar-refractivity contribution in [2.45, 2.75) is 114 Å². The van der Waals surface area contributed by atoms with Gasteiger partial charge in [0.25, 0.3) is 27.8 Å². The number of rotatable bonds is 36. The number of amides is 3. The highest BCUT2D eigenvalue weighted by Gasteiger charge is 2.46. The molecule has 2 aromatic heterocycles. The quantitative estimate of drug-likeness (QED) is 0.0144. The van der Waals surface area contributed by atoms with E-state index >= 15 is 0 Å². The Morgan fingerprint density at radius 3 is 1.75 bits per heavy atom. The van der Waals surface area contributed by atoms with E-state index in [0.717, 1.165) is 45.5 Å². The molecule has 588 valence electrons. The summed E-state index contributed by atoms with van der Waals surface area (Å²) in [5.41, 5.74) is 12.5. The molecule has 0 spiro atoms. The van der Waals surface area contributed by atoms with Crippen LogP contribution in [-0.4, -0.2) is 228 Å². The van der Waals surface area contributed by atoms with Crippen molar-refractivity contribution in [3.8, 4) is 40.2 Å². The third-order valence-corrected chi connectivity index (χ3v) is 22.3. The number of hydrogen-bond acceptors (Lipinski definition) is 28. The summed E-state index contributed by atoms with van der Waals surface area (Å²) in [6.07, 6.45) is -3.48. The largest absolute Gasteiger partial charge is 0.501 e. The Bertz CT molecular complexity index is 4620. The number of carbonyl (C=O) groups excluding carboxylic acids is 4. The van der Waals surface area contributed by atoms with Crippen LogP contribution in [0.1, 0.15) is 87.1 Å². The van der Waals surface area contributed by atoms with Gasteiger partial charge in [0.15, 0.2) is 40.3 Å². The van der Waals surface area contributed by atoms with Crippen LogP contribution in [0.5, 0.6) is 40.2 Å². The highest BCUT2D eigenvalue weighted by molar-refractivity contribution is 7.85. The van der Waals surface area contributed by atoms with Crippen LogP contribution < -0.4 is 43.1 Å². The average Bonchev–Trinajstić information content (AvgIpc) is 1.58. The van der Waals surface area contributed by atoms with Gasteiger partial charge in [-0.3, -0.25) is 33.7 Å². The summed E-state index contributed by atoms with van der Waals surface area (Å²) in [6, 6.07) is 24.8. The molecule has 1 saturated heterocycles. The Kier molecular flexibility index (Phi) is 26.0. The van der Waals surface area contributed by atoms with Gasteiger partial charge in [0.1, 0.15) is 56.5 Å². The number of fused-ring (bicyclic) bond motifs is 6. The molecular formula is C75H86N7O24S4+. The van der Waals surface area contributed by atoms with Gasteiger partial charge in [-0.15, -0.1) is 31.1 Å². The maximum absolute atomic E-state index is 14.2. The maximum atomic E-state index is 14.2. The van der Waals surface area contributed by atoms with Crippen LogP contribution in [0.4, 0.5) is 11.4 Å². The van der Waals surface area contributed by atoms with Gasteiger partial charge in [-0.25, -0.2) is 0 Å². The molecular weight excluding hydrogens is 1510 g/mol. The van der Waals surface area contributed by atoms with E-state index in [1.165, 1.54) is 42.2 Å². The summed E-state index contributed by atoms with van der Waals surface area (Å²) >= 11 is 3.34. The lowest BCUT2D eigenvalue weighted by atomic mass is 9.99. The van der Waals surface area contributed by atoms with Crippen LogP contribution in [0.15, 0.2) is 118 Å². The molecule has 5 aromatic carbocycles. The normalized spacial score (nSPS) is 19.7. The number of benzene rings is 5. The first kappa shape index (κ1) is 80.5. The minimum Gasteiger partial charge on any atom is -0.493 e. The van der Waals surface area contributed by atoms with E-state index in [2.05, 4.69) is 17.4 Å². The van der Waals surface area contributed by atoms with Gasteiger partial charge in [0.05, 0.1) is 114 Å². The van der Waals surface area contributed by atoms with Gasteiger partial charge >= 0.3 is 10.4 Å². The number of nitrogens with one attached hydrogen (secondary N) is 1. The fourth-order valence-electron chi connectivity index (χ4n) is 13.3. The van der Waals surface area contributed by atoms with Crippen LogP contribution in [-0.2, 0) is 96.5 Å². The number of ketones is 1. The average molecular weight is 1600 g/mol. The number of nitrogens with two attached hydrogens (primary N) is 1. The van der Waals surface area contributed by atoms with Crippen molar-refractivity contribution in [3.05, 3.63) is 168 Å². The first-order chi connectivity index (χ1) is 52.7. The van der Waals surface area contributed by atoms with Crippen LogP contribution in [0.2, 0.25) is 0 Å². The molecule has 0 bridgehead atoms. The van der Waals surface area contributed by atoms with Gasteiger partial charge in [0, 0.05) is 96.5 Å². The third kappa shape index (κ3) is 20.2. The van der Waals surface area contributed by atoms with Crippen molar-refractivity contribution in [3.63, 3.8) is 0 Å². The van der Waals surface area contributed by atoms with Gasteiger partial charge in [-0.05, 0) is 124 Å². The molecule has 5 aliphatic heterocycles. The van der Waals surface area contributed by atoms with E-state index in [0.29, 0.717) is 89.0 Å². The van der Waals surface area contributed by atoms with Crippen molar-refractivity contribution in [1.29, 1.82) is 0 Å². The number of aliphatic hydroxyl groups is 4. The monoisotopic (exact) mass is 1600 g/mol. The molecule has 1 unspecified atom stereocenters. The first-order valence-electron chi connectivity index (χ1n) is 35.2. The summed E-state index contributed by atoms with van der Waals surface area (Å²) in [5, 5.41) is 48.4. The number of carbonyl (C=O) groups is 4. The number of quaternary nitrogens is 1. The van der Waals surface area contributed by atoms with Crippen LogP contribution in [0.25, 0.3) is 0 Å². The van der Waals surface area contributed by atoms with E-state index in [1.807, 2.05) is 65.3 Å². The number of thiophene rings is 2. The van der Waals surface area contributed by atoms with Gasteiger partial charge < -0.3 is 96.8 Å². The zero-order chi connectivity index (χ0) is 78.0. The molecule has 31 nitrogen and oxygen atoms in total. The molecule has 5 aliphatic rings. The van der Waals surface area contributed by atoms with Crippen molar-refractivity contribution in [2.24, 2.45) is 15.7 Å². The van der Waals surface area contributed by atoms with Crippen molar-refractivity contribution in [1.82, 2.24) is 15.1 Å². The summed E-state index contributed by atoms with van der Waals surface area (Å²) in [4.78, 5) is 69.6. The Morgan fingerprint density at radius 1 is 0.645 bits per heavy atom. The lowest BCUT2D eigenvalue weighted by molar-refractivity contribution is -0.916. The van der Waals surface area contributed by atoms with Crippen molar-refractivity contribution >= 4 is 90.5 Å². The van der Waals surface area contributed by atoms with Crippen molar-refractivity contribution in [2.75, 3.05) is 86.9 Å². The van der Waals surface area contributed by atoms with E-state index in [9.17, 15) is 56.4 Å². The summed E-state index contributed by atoms with van der Waals surface area (Å²) in [6.45, 7) is 1.98. The molecule has 35 heteroatoms. The lowest BCUT2D eigenvalue weighted by Crippen LogP contribution is -2.60. The number of aliphatic hydroxyl groups excluding tert-OH is 4. The molecule has 12 rings (SSSR count). The van der Waals surface area contributed by atoms with Crippen LogP contribution in [0, 0.1) is 0 Å². The SMILES string of the molecule is COc1cc2c(cc1OCc1cc(COc3cc4c(cc3OC)C(=O)N3Cc5ccsc5C[C@H]3C=N4)cc(C[N+](C)(C)Cc3ccc(OS(=O)(=O)Oc4cc(C(=O)NCCOCCOCCOCCCC(=O)[C@H](N)CS(=O)(=O)O)ccc4OC4O[C@H](CO)[C@H](O)[C@H](O)[C@H]4O)cc3)c1)N=C[C@@H]1Cc3sccc3CN1C2=O. The molecule has 3 amide bonds.